The van der Waals surface area contributed by atoms with Gasteiger partial charge in [-0.25, -0.2) is 0 Å². The Labute approximate surface area is 105 Å². The Bertz CT molecular complexity index is 336. The maximum atomic E-state index is 5.70. The molecule has 0 saturated carbocycles. The normalized spacial score (nSPS) is 12.7. The summed E-state index contributed by atoms with van der Waals surface area (Å²) < 4.78 is 5.70. The van der Waals surface area contributed by atoms with Crippen LogP contribution in [0.3, 0.4) is 0 Å². The molecule has 0 fully saturated rings. The number of nitrogens with one attached hydrogen (secondary N) is 1. The van der Waals surface area contributed by atoms with Crippen molar-refractivity contribution < 1.29 is 4.74 Å². The van der Waals surface area contributed by atoms with E-state index in [2.05, 4.69) is 44.3 Å². The van der Waals surface area contributed by atoms with Crippen LogP contribution in [0.5, 0.6) is 0 Å². The van der Waals surface area contributed by atoms with Crippen molar-refractivity contribution in [2.24, 2.45) is 0 Å². The van der Waals surface area contributed by atoms with Gasteiger partial charge in [-0.3, -0.25) is 0 Å². The molecule has 96 valence electrons. The van der Waals surface area contributed by atoms with Gasteiger partial charge >= 0.3 is 0 Å². The van der Waals surface area contributed by atoms with Crippen molar-refractivity contribution in [1.82, 2.24) is 5.32 Å². The number of ether oxygens (including phenoxy) is 1. The van der Waals surface area contributed by atoms with Crippen LogP contribution in [0, 0.1) is 13.8 Å². The largest absolute Gasteiger partial charge is 0.379 e. The minimum atomic E-state index is 0.299. The van der Waals surface area contributed by atoms with Crippen molar-refractivity contribution in [2.45, 2.75) is 39.7 Å². The Hall–Kier alpha value is -0.860. The molecular weight excluding hydrogens is 210 g/mol. The van der Waals surface area contributed by atoms with Gasteiger partial charge in [0.1, 0.15) is 0 Å². The summed E-state index contributed by atoms with van der Waals surface area (Å²) in [6.07, 6.45) is 2.33. The molecule has 2 heteroatoms. The van der Waals surface area contributed by atoms with E-state index in [1.54, 1.807) is 0 Å². The standard InChI is InChI=1S/C15H25NO/c1-5-6-9-17-11-15(16-4)14-8-7-12(2)10-13(14)3/h7-8,10,15-16H,5-6,9,11H2,1-4H3. The maximum Gasteiger partial charge on any atom is 0.0661 e. The van der Waals surface area contributed by atoms with Crippen molar-refractivity contribution in [3.8, 4) is 0 Å². The van der Waals surface area contributed by atoms with Crippen LogP contribution in [0.4, 0.5) is 0 Å². The van der Waals surface area contributed by atoms with E-state index in [9.17, 15) is 0 Å². The summed E-state index contributed by atoms with van der Waals surface area (Å²) in [5.74, 6) is 0. The van der Waals surface area contributed by atoms with Gasteiger partial charge < -0.3 is 10.1 Å². The third-order valence-electron chi connectivity index (χ3n) is 3.08. The van der Waals surface area contributed by atoms with Crippen LogP contribution in [-0.4, -0.2) is 20.3 Å². The van der Waals surface area contributed by atoms with E-state index in [-0.39, 0.29) is 0 Å². The summed E-state index contributed by atoms with van der Waals surface area (Å²) in [7, 11) is 1.99. The number of benzene rings is 1. The van der Waals surface area contributed by atoms with Crippen LogP contribution in [0.1, 0.15) is 42.5 Å². The highest BCUT2D eigenvalue weighted by atomic mass is 16.5. The van der Waals surface area contributed by atoms with E-state index in [0.29, 0.717) is 6.04 Å². The second kappa shape index (κ2) is 7.46. The SMILES string of the molecule is CCCCOCC(NC)c1ccc(C)cc1C. The van der Waals surface area contributed by atoms with Gasteiger partial charge in [-0.15, -0.1) is 0 Å². The Balaban J connectivity index is 2.59. The first-order valence-electron chi connectivity index (χ1n) is 6.51. The molecule has 0 aliphatic rings. The van der Waals surface area contributed by atoms with E-state index < -0.39 is 0 Å². The van der Waals surface area contributed by atoms with Crippen molar-refractivity contribution >= 4 is 0 Å². The summed E-state index contributed by atoms with van der Waals surface area (Å²) in [4.78, 5) is 0. The van der Waals surface area contributed by atoms with Crippen LogP contribution in [0.25, 0.3) is 0 Å². The molecule has 1 atom stereocenters. The highest BCUT2D eigenvalue weighted by molar-refractivity contribution is 5.32. The molecule has 0 radical (unpaired) electrons. The average molecular weight is 235 g/mol. The van der Waals surface area contributed by atoms with Gasteiger partial charge in [0.2, 0.25) is 0 Å². The van der Waals surface area contributed by atoms with Crippen molar-refractivity contribution in [3.63, 3.8) is 0 Å². The molecule has 1 aromatic rings. The molecule has 2 nitrogen and oxygen atoms in total. The van der Waals surface area contributed by atoms with Crippen LogP contribution < -0.4 is 5.32 Å². The van der Waals surface area contributed by atoms with Gasteiger partial charge in [-0.2, -0.15) is 0 Å². The van der Waals surface area contributed by atoms with Crippen molar-refractivity contribution in [1.29, 1.82) is 0 Å². The Morgan fingerprint density at radius 3 is 2.65 bits per heavy atom. The third-order valence-corrected chi connectivity index (χ3v) is 3.08. The van der Waals surface area contributed by atoms with Crippen LogP contribution in [0.2, 0.25) is 0 Å². The molecule has 0 amide bonds. The zero-order valence-corrected chi connectivity index (χ0v) is 11.5. The van der Waals surface area contributed by atoms with Gasteiger partial charge in [0.05, 0.1) is 12.6 Å². The summed E-state index contributed by atoms with van der Waals surface area (Å²) in [5.41, 5.74) is 3.99. The zero-order valence-electron chi connectivity index (χ0n) is 11.5. The molecule has 1 rings (SSSR count). The van der Waals surface area contributed by atoms with E-state index >= 15 is 0 Å². The van der Waals surface area contributed by atoms with E-state index in [1.165, 1.54) is 23.1 Å². The Morgan fingerprint density at radius 1 is 1.29 bits per heavy atom. The summed E-state index contributed by atoms with van der Waals surface area (Å²) in [6, 6.07) is 6.90. The van der Waals surface area contributed by atoms with Gasteiger partial charge in [0.25, 0.3) is 0 Å². The molecule has 0 saturated heterocycles. The van der Waals surface area contributed by atoms with Gasteiger partial charge in [0, 0.05) is 6.61 Å². The number of likely N-dealkylation sites (N-methyl/N-ethyl adjacent to an activating group) is 1. The average Bonchev–Trinajstić information content (AvgIpc) is 2.31. The summed E-state index contributed by atoms with van der Waals surface area (Å²) in [5, 5.41) is 3.33. The highest BCUT2D eigenvalue weighted by Gasteiger charge is 2.11. The van der Waals surface area contributed by atoms with E-state index in [4.69, 9.17) is 4.74 Å². The first kappa shape index (κ1) is 14.2. The lowest BCUT2D eigenvalue weighted by atomic mass is 10.00. The first-order chi connectivity index (χ1) is 8.19. The third kappa shape index (κ3) is 4.49. The topological polar surface area (TPSA) is 21.3 Å². The second-order valence-corrected chi connectivity index (χ2v) is 4.63. The second-order valence-electron chi connectivity index (χ2n) is 4.63. The van der Waals surface area contributed by atoms with Crippen molar-refractivity contribution in [3.05, 3.63) is 34.9 Å². The number of aryl methyl sites for hydroxylation is 2. The van der Waals surface area contributed by atoms with Crippen molar-refractivity contribution in [2.75, 3.05) is 20.3 Å². The van der Waals surface area contributed by atoms with Crippen LogP contribution in [-0.2, 0) is 4.74 Å². The molecule has 1 aromatic carbocycles. The number of rotatable bonds is 7. The number of hydrogen-bond acceptors (Lipinski definition) is 2. The van der Waals surface area contributed by atoms with Crippen LogP contribution in [0.15, 0.2) is 18.2 Å². The summed E-state index contributed by atoms with van der Waals surface area (Å²) in [6.45, 7) is 8.09. The molecule has 1 N–H and O–H groups in total. The quantitative estimate of drug-likeness (QED) is 0.732. The summed E-state index contributed by atoms with van der Waals surface area (Å²) >= 11 is 0. The van der Waals surface area contributed by atoms with E-state index in [0.717, 1.165) is 19.6 Å². The van der Waals surface area contributed by atoms with Gasteiger partial charge in [0.15, 0.2) is 0 Å². The molecular formula is C15H25NO. The molecule has 1 unspecified atom stereocenters. The lowest BCUT2D eigenvalue weighted by Gasteiger charge is -2.19. The number of unbranched alkanes of at least 4 members (excludes halogenated alkanes) is 1. The molecule has 0 aromatic heterocycles. The lowest BCUT2D eigenvalue weighted by Crippen LogP contribution is -2.23. The van der Waals surface area contributed by atoms with Crippen LogP contribution >= 0.6 is 0 Å². The highest BCUT2D eigenvalue weighted by Crippen LogP contribution is 2.19. The molecule has 0 aliphatic heterocycles. The Morgan fingerprint density at radius 2 is 2.06 bits per heavy atom. The van der Waals surface area contributed by atoms with Gasteiger partial charge in [-0.05, 0) is 38.4 Å². The zero-order chi connectivity index (χ0) is 12.7. The predicted molar refractivity (Wildman–Crippen MR) is 73.4 cm³/mol. The first-order valence-corrected chi connectivity index (χ1v) is 6.51. The molecule has 0 bridgehead atoms. The smallest absolute Gasteiger partial charge is 0.0661 e. The van der Waals surface area contributed by atoms with E-state index in [1.807, 2.05) is 7.05 Å². The molecule has 17 heavy (non-hydrogen) atoms. The predicted octanol–water partition coefficient (Wildman–Crippen LogP) is 3.38. The fourth-order valence-corrected chi connectivity index (χ4v) is 1.99. The monoisotopic (exact) mass is 235 g/mol. The minimum absolute atomic E-state index is 0.299. The maximum absolute atomic E-state index is 5.70. The fraction of sp³-hybridized carbons (Fsp3) is 0.600. The van der Waals surface area contributed by atoms with Gasteiger partial charge in [-0.1, -0.05) is 37.1 Å². The molecule has 0 heterocycles. The Kier molecular flexibility index (Phi) is 6.23. The fourth-order valence-electron chi connectivity index (χ4n) is 1.99. The lowest BCUT2D eigenvalue weighted by molar-refractivity contribution is 0.111. The molecule has 0 spiro atoms. The minimum Gasteiger partial charge on any atom is -0.379 e. The molecule has 0 aliphatic carbocycles. The number of hydrogen-bond donors (Lipinski definition) is 1.